The van der Waals surface area contributed by atoms with E-state index in [0.717, 1.165) is 67.5 Å². The Morgan fingerprint density at radius 1 is 1.03 bits per heavy atom. The molecule has 0 aliphatic carbocycles. The summed E-state index contributed by atoms with van der Waals surface area (Å²) in [5.41, 5.74) is 5.80. The zero-order valence-electron chi connectivity index (χ0n) is 17.1. The summed E-state index contributed by atoms with van der Waals surface area (Å²) in [4.78, 5) is 12.9. The largest absolute Gasteiger partial charge is 0.367 e. The lowest BCUT2D eigenvalue weighted by Gasteiger charge is -2.36. The Labute approximate surface area is 177 Å². The van der Waals surface area contributed by atoms with Crippen LogP contribution >= 0.6 is 0 Å². The maximum Gasteiger partial charge on any atom is 0.0935 e. The number of piperazine rings is 1. The summed E-state index contributed by atoms with van der Waals surface area (Å²) in [6, 6.07) is 17.2. The normalized spacial score (nSPS) is 15.0. The van der Waals surface area contributed by atoms with Crippen LogP contribution in [-0.2, 0) is 6.42 Å². The van der Waals surface area contributed by atoms with E-state index in [9.17, 15) is 0 Å². The number of hydrogen-bond donors (Lipinski definition) is 1. The van der Waals surface area contributed by atoms with E-state index >= 15 is 0 Å². The first-order chi connectivity index (χ1) is 14.8. The van der Waals surface area contributed by atoms with Gasteiger partial charge in [0.05, 0.1) is 11.2 Å². The van der Waals surface area contributed by atoms with E-state index in [1.165, 1.54) is 16.6 Å². The summed E-state index contributed by atoms with van der Waals surface area (Å²) >= 11 is 0. The fraction of sp³-hybridized carbons (Fsp3) is 0.269. The van der Waals surface area contributed by atoms with E-state index in [0.29, 0.717) is 0 Å². The van der Waals surface area contributed by atoms with Gasteiger partial charge < -0.3 is 9.88 Å². The van der Waals surface area contributed by atoms with Crippen LogP contribution in [0.3, 0.4) is 0 Å². The van der Waals surface area contributed by atoms with Crippen molar-refractivity contribution in [1.82, 2.24) is 14.9 Å². The maximum atomic E-state index is 5.61. The highest BCUT2D eigenvalue weighted by Crippen LogP contribution is 2.26. The molecule has 1 aliphatic rings. The van der Waals surface area contributed by atoms with Crippen molar-refractivity contribution in [1.29, 1.82) is 0 Å². The molecule has 0 amide bonds. The molecule has 0 spiro atoms. The minimum Gasteiger partial charge on any atom is -0.367 e. The Morgan fingerprint density at radius 2 is 1.90 bits per heavy atom. The van der Waals surface area contributed by atoms with Gasteiger partial charge in [0.25, 0.3) is 0 Å². The standard InChI is InChI=1S/C26H26N4/c1-2-21-19-28-24-11-10-20(18-23(21)24)6-5-13-29-14-16-30(17-15-29)25-9-3-7-22-8-4-12-27-26(22)25/h1,3-4,7-12,18-19,28H,5-6,13-17H2. The molecule has 2 aromatic heterocycles. The Balaban J connectivity index is 1.17. The van der Waals surface area contributed by atoms with Crippen LogP contribution in [0, 0.1) is 12.3 Å². The van der Waals surface area contributed by atoms with Crippen LogP contribution in [0.1, 0.15) is 17.5 Å². The number of aromatic amines is 1. The van der Waals surface area contributed by atoms with Gasteiger partial charge in [0.2, 0.25) is 0 Å². The van der Waals surface area contributed by atoms with Gasteiger partial charge in [-0.25, -0.2) is 0 Å². The van der Waals surface area contributed by atoms with Crippen LogP contribution in [0.2, 0.25) is 0 Å². The molecule has 0 saturated carbocycles. The third kappa shape index (κ3) is 3.65. The molecule has 0 atom stereocenters. The Hall–Kier alpha value is -3.29. The Bertz CT molecular complexity index is 1200. The van der Waals surface area contributed by atoms with Crippen molar-refractivity contribution in [2.24, 2.45) is 0 Å². The van der Waals surface area contributed by atoms with Gasteiger partial charge in [0, 0.05) is 60.4 Å². The number of terminal acetylenes is 1. The molecular formula is C26H26N4. The number of para-hydroxylation sites is 1. The first kappa shape index (κ1) is 18.7. The van der Waals surface area contributed by atoms with Crippen molar-refractivity contribution in [2.75, 3.05) is 37.6 Å². The molecule has 0 unspecified atom stereocenters. The second kappa shape index (κ2) is 8.22. The number of aromatic nitrogens is 2. The third-order valence-electron chi connectivity index (χ3n) is 6.17. The molecule has 1 saturated heterocycles. The van der Waals surface area contributed by atoms with Gasteiger partial charge in [-0.15, -0.1) is 6.42 Å². The maximum absolute atomic E-state index is 5.61. The molecule has 2 aromatic carbocycles. The molecule has 4 heteroatoms. The van der Waals surface area contributed by atoms with Crippen molar-refractivity contribution in [3.8, 4) is 12.3 Å². The molecule has 0 radical (unpaired) electrons. The van der Waals surface area contributed by atoms with E-state index in [1.54, 1.807) is 0 Å². The van der Waals surface area contributed by atoms with Crippen molar-refractivity contribution in [3.05, 3.63) is 72.1 Å². The number of H-pyrrole nitrogens is 1. The van der Waals surface area contributed by atoms with Crippen molar-refractivity contribution in [2.45, 2.75) is 12.8 Å². The second-order valence-corrected chi connectivity index (χ2v) is 8.01. The molecular weight excluding hydrogens is 368 g/mol. The van der Waals surface area contributed by atoms with E-state index in [2.05, 4.69) is 68.2 Å². The lowest BCUT2D eigenvalue weighted by Crippen LogP contribution is -2.46. The number of hydrogen-bond acceptors (Lipinski definition) is 3. The highest BCUT2D eigenvalue weighted by molar-refractivity contribution is 5.90. The quantitative estimate of drug-likeness (QED) is 0.508. The summed E-state index contributed by atoms with van der Waals surface area (Å²) in [7, 11) is 0. The van der Waals surface area contributed by atoms with Gasteiger partial charge in [-0.05, 0) is 49.2 Å². The van der Waals surface area contributed by atoms with E-state index < -0.39 is 0 Å². The van der Waals surface area contributed by atoms with Crippen LogP contribution < -0.4 is 4.90 Å². The summed E-state index contributed by atoms with van der Waals surface area (Å²) in [5, 5.41) is 2.37. The predicted molar refractivity (Wildman–Crippen MR) is 125 cm³/mol. The second-order valence-electron chi connectivity index (χ2n) is 8.01. The number of aryl methyl sites for hydroxylation is 1. The topological polar surface area (TPSA) is 35.2 Å². The van der Waals surface area contributed by atoms with Gasteiger partial charge in [-0.2, -0.15) is 0 Å². The van der Waals surface area contributed by atoms with Crippen LogP contribution in [0.4, 0.5) is 5.69 Å². The smallest absolute Gasteiger partial charge is 0.0935 e. The molecule has 30 heavy (non-hydrogen) atoms. The monoisotopic (exact) mass is 394 g/mol. The SMILES string of the molecule is C#Cc1c[nH]c2ccc(CCCN3CCN(c4cccc5cccnc45)CC3)cc12. The third-order valence-corrected chi connectivity index (χ3v) is 6.17. The van der Waals surface area contributed by atoms with Crippen LogP contribution in [-0.4, -0.2) is 47.6 Å². The number of nitrogens with one attached hydrogen (secondary N) is 1. The van der Waals surface area contributed by atoms with Crippen LogP contribution in [0.25, 0.3) is 21.8 Å². The molecule has 1 N–H and O–H groups in total. The summed E-state index contributed by atoms with van der Waals surface area (Å²) < 4.78 is 0. The summed E-state index contributed by atoms with van der Waals surface area (Å²) in [6.45, 7) is 5.43. The molecule has 1 fully saturated rings. The van der Waals surface area contributed by atoms with Gasteiger partial charge in [0.15, 0.2) is 0 Å². The van der Waals surface area contributed by atoms with E-state index in [-0.39, 0.29) is 0 Å². The van der Waals surface area contributed by atoms with Crippen LogP contribution in [0.5, 0.6) is 0 Å². The lowest BCUT2D eigenvalue weighted by molar-refractivity contribution is 0.255. The minimum absolute atomic E-state index is 0.950. The zero-order valence-corrected chi connectivity index (χ0v) is 17.1. The first-order valence-corrected chi connectivity index (χ1v) is 10.7. The highest BCUT2D eigenvalue weighted by atomic mass is 15.3. The number of fused-ring (bicyclic) bond motifs is 2. The molecule has 150 valence electrons. The zero-order chi connectivity index (χ0) is 20.3. The van der Waals surface area contributed by atoms with Gasteiger partial charge in [0.1, 0.15) is 0 Å². The van der Waals surface area contributed by atoms with Crippen molar-refractivity contribution < 1.29 is 0 Å². The average Bonchev–Trinajstić information content (AvgIpc) is 3.22. The number of rotatable bonds is 5. The fourth-order valence-electron chi connectivity index (χ4n) is 4.51. The summed E-state index contributed by atoms with van der Waals surface area (Å²) in [5.74, 6) is 2.77. The number of anilines is 1. The fourth-order valence-corrected chi connectivity index (χ4v) is 4.51. The number of benzene rings is 2. The first-order valence-electron chi connectivity index (χ1n) is 10.7. The van der Waals surface area contributed by atoms with E-state index in [1.807, 2.05) is 18.5 Å². The highest BCUT2D eigenvalue weighted by Gasteiger charge is 2.18. The Morgan fingerprint density at radius 3 is 2.77 bits per heavy atom. The summed E-state index contributed by atoms with van der Waals surface area (Å²) in [6.07, 6.45) is 11.7. The molecule has 5 rings (SSSR count). The lowest BCUT2D eigenvalue weighted by atomic mass is 10.1. The van der Waals surface area contributed by atoms with Gasteiger partial charge >= 0.3 is 0 Å². The number of nitrogens with zero attached hydrogens (tertiary/aromatic N) is 3. The average molecular weight is 395 g/mol. The minimum atomic E-state index is 0.950. The molecule has 3 heterocycles. The van der Waals surface area contributed by atoms with Gasteiger partial charge in [-0.3, -0.25) is 9.88 Å². The van der Waals surface area contributed by atoms with Crippen molar-refractivity contribution >= 4 is 27.5 Å². The van der Waals surface area contributed by atoms with Crippen molar-refractivity contribution in [3.63, 3.8) is 0 Å². The Kier molecular flexibility index (Phi) is 5.13. The molecule has 0 bridgehead atoms. The molecule has 4 nitrogen and oxygen atoms in total. The van der Waals surface area contributed by atoms with Gasteiger partial charge in [-0.1, -0.05) is 30.2 Å². The predicted octanol–water partition coefficient (Wildman–Crippen LogP) is 4.45. The number of pyridine rings is 1. The van der Waals surface area contributed by atoms with Crippen LogP contribution in [0.15, 0.2) is 60.9 Å². The molecule has 4 aromatic rings. The molecule has 1 aliphatic heterocycles. The van der Waals surface area contributed by atoms with E-state index in [4.69, 9.17) is 6.42 Å².